The van der Waals surface area contributed by atoms with Gasteiger partial charge in [-0.2, -0.15) is 5.10 Å². The summed E-state index contributed by atoms with van der Waals surface area (Å²) < 4.78 is 7.22. The zero-order valence-corrected chi connectivity index (χ0v) is 17.1. The Morgan fingerprint density at radius 3 is 2.54 bits per heavy atom. The van der Waals surface area contributed by atoms with Crippen molar-refractivity contribution in [2.24, 2.45) is 10.8 Å². The summed E-state index contributed by atoms with van der Waals surface area (Å²) in [4.78, 5) is 13.0. The first-order chi connectivity index (χ1) is 12.5. The third-order valence-electron chi connectivity index (χ3n) is 3.81. The van der Waals surface area contributed by atoms with Crippen LogP contribution >= 0.6 is 22.6 Å². The topological polar surface area (TPSA) is 80.0 Å². The van der Waals surface area contributed by atoms with Gasteiger partial charge in [0.2, 0.25) is 0 Å². The van der Waals surface area contributed by atoms with Crippen LogP contribution in [0.15, 0.2) is 47.6 Å². The molecule has 7 heteroatoms. The first-order valence-electron chi connectivity index (χ1n) is 8.38. The Bertz CT molecular complexity index is 759. The van der Waals surface area contributed by atoms with Crippen LogP contribution in [0.2, 0.25) is 0 Å². The number of nitrogens with two attached hydrogens (primary N) is 1. The van der Waals surface area contributed by atoms with E-state index in [2.05, 4.69) is 51.9 Å². The summed E-state index contributed by atoms with van der Waals surface area (Å²) in [6.45, 7) is 6.49. The molecule has 0 aliphatic heterocycles. The van der Waals surface area contributed by atoms with E-state index in [1.165, 1.54) is 9.78 Å². The molecule has 0 saturated carbocycles. The minimum absolute atomic E-state index is 0.447. The number of rotatable bonds is 8. The number of nitrogens with one attached hydrogen (secondary N) is 1. The predicted octanol–water partition coefficient (Wildman–Crippen LogP) is 3.72. The third kappa shape index (κ3) is 5.91. The van der Waals surface area contributed by atoms with Crippen molar-refractivity contribution in [2.75, 3.05) is 18.0 Å². The highest BCUT2D eigenvalue weighted by atomic mass is 127. The van der Waals surface area contributed by atoms with Crippen molar-refractivity contribution in [3.63, 3.8) is 0 Å². The molecular formula is C19H23IN4O2. The van der Waals surface area contributed by atoms with Gasteiger partial charge in [-0.15, -0.1) is 0 Å². The van der Waals surface area contributed by atoms with Crippen molar-refractivity contribution < 1.29 is 9.53 Å². The molecule has 0 aliphatic carbocycles. The van der Waals surface area contributed by atoms with Gasteiger partial charge >= 0.3 is 6.03 Å². The molecule has 138 valence electrons. The summed E-state index contributed by atoms with van der Waals surface area (Å²) in [6.07, 6.45) is 1.53. The largest absolute Gasteiger partial charge is 0.488 e. The fraction of sp³-hybridized carbons (Fsp3) is 0.263. The first kappa shape index (κ1) is 20.0. The van der Waals surface area contributed by atoms with Crippen LogP contribution in [0.1, 0.15) is 25.0 Å². The first-order valence-corrected chi connectivity index (χ1v) is 9.46. The Kier molecular flexibility index (Phi) is 7.71. The number of hydrogen-bond acceptors (Lipinski definition) is 4. The molecule has 26 heavy (non-hydrogen) atoms. The minimum Gasteiger partial charge on any atom is -0.488 e. The molecule has 2 aromatic rings. The molecule has 0 saturated heterocycles. The van der Waals surface area contributed by atoms with E-state index in [1.807, 2.05) is 42.5 Å². The van der Waals surface area contributed by atoms with Gasteiger partial charge in [0.1, 0.15) is 12.4 Å². The summed E-state index contributed by atoms with van der Waals surface area (Å²) in [7, 11) is 0. The second-order valence-electron chi connectivity index (χ2n) is 5.54. The highest BCUT2D eigenvalue weighted by molar-refractivity contribution is 14.1. The molecule has 0 atom stereocenters. The predicted molar refractivity (Wildman–Crippen MR) is 114 cm³/mol. The number of anilines is 1. The summed E-state index contributed by atoms with van der Waals surface area (Å²) >= 11 is 2.27. The number of carbonyl (C=O) groups excluding carboxylic acids is 1. The van der Waals surface area contributed by atoms with Crippen LogP contribution in [0.5, 0.6) is 5.75 Å². The van der Waals surface area contributed by atoms with Crippen molar-refractivity contribution in [3.8, 4) is 5.75 Å². The van der Waals surface area contributed by atoms with E-state index >= 15 is 0 Å². The van der Waals surface area contributed by atoms with E-state index in [0.29, 0.717) is 12.4 Å². The lowest BCUT2D eigenvalue weighted by Gasteiger charge is -2.22. The van der Waals surface area contributed by atoms with Crippen molar-refractivity contribution in [1.82, 2.24) is 5.43 Å². The van der Waals surface area contributed by atoms with Crippen LogP contribution in [0, 0.1) is 3.57 Å². The van der Waals surface area contributed by atoms with E-state index < -0.39 is 6.03 Å². The molecule has 0 fully saturated rings. The Morgan fingerprint density at radius 2 is 1.92 bits per heavy atom. The summed E-state index contributed by atoms with van der Waals surface area (Å²) in [6, 6.07) is 13.4. The average molecular weight is 466 g/mol. The molecule has 2 amide bonds. The molecule has 0 aromatic heterocycles. The maximum absolute atomic E-state index is 10.8. The molecular weight excluding hydrogens is 443 g/mol. The van der Waals surface area contributed by atoms with Crippen LogP contribution < -0.4 is 20.8 Å². The van der Waals surface area contributed by atoms with Gasteiger partial charge in [-0.25, -0.2) is 10.2 Å². The molecule has 0 radical (unpaired) electrons. The highest BCUT2D eigenvalue weighted by Crippen LogP contribution is 2.26. The standard InChI is InChI=1S/C19H23IN4O2/c1-3-24(4-2)17-10-7-15(12-22-23-19(21)25)18(11-17)26-13-14-5-8-16(20)9-6-14/h5-12H,3-4,13H2,1-2H3,(H3,21,23,25)/b22-12+. The van der Waals surface area contributed by atoms with E-state index in [9.17, 15) is 4.79 Å². The van der Waals surface area contributed by atoms with Gasteiger partial charge in [-0.1, -0.05) is 12.1 Å². The number of amides is 2. The summed E-state index contributed by atoms with van der Waals surface area (Å²) in [5.41, 5.74) is 10.2. The van der Waals surface area contributed by atoms with Crippen LogP contribution in [0.4, 0.5) is 10.5 Å². The quantitative estimate of drug-likeness (QED) is 0.354. The van der Waals surface area contributed by atoms with Gasteiger partial charge in [0.05, 0.1) is 6.21 Å². The molecule has 3 N–H and O–H groups in total. The Morgan fingerprint density at radius 1 is 1.23 bits per heavy atom. The van der Waals surface area contributed by atoms with Crippen LogP contribution in [-0.4, -0.2) is 25.3 Å². The van der Waals surface area contributed by atoms with Crippen molar-refractivity contribution in [3.05, 3.63) is 57.2 Å². The van der Waals surface area contributed by atoms with Crippen LogP contribution in [0.3, 0.4) is 0 Å². The highest BCUT2D eigenvalue weighted by Gasteiger charge is 2.08. The number of urea groups is 1. The molecule has 0 aliphatic rings. The van der Waals surface area contributed by atoms with E-state index in [1.54, 1.807) is 0 Å². The number of halogens is 1. The third-order valence-corrected chi connectivity index (χ3v) is 4.53. The summed E-state index contributed by atoms with van der Waals surface area (Å²) in [5.74, 6) is 0.697. The van der Waals surface area contributed by atoms with E-state index in [0.717, 1.165) is 29.9 Å². The number of primary amides is 1. The van der Waals surface area contributed by atoms with Crippen molar-refractivity contribution in [1.29, 1.82) is 0 Å². The lowest BCUT2D eigenvalue weighted by molar-refractivity contribution is 0.249. The Hall–Kier alpha value is -2.29. The minimum atomic E-state index is -0.706. The van der Waals surface area contributed by atoms with Gasteiger partial charge in [0, 0.05) is 34.0 Å². The smallest absolute Gasteiger partial charge is 0.332 e. The molecule has 2 aromatic carbocycles. The van der Waals surface area contributed by atoms with Gasteiger partial charge in [-0.3, -0.25) is 0 Å². The lowest BCUT2D eigenvalue weighted by atomic mass is 10.1. The fourth-order valence-corrected chi connectivity index (χ4v) is 2.81. The van der Waals surface area contributed by atoms with Gasteiger partial charge in [0.25, 0.3) is 0 Å². The number of nitrogens with zero attached hydrogens (tertiary/aromatic N) is 2. The second-order valence-corrected chi connectivity index (χ2v) is 6.79. The maximum Gasteiger partial charge on any atom is 0.332 e. The van der Waals surface area contributed by atoms with E-state index in [4.69, 9.17) is 10.5 Å². The second kappa shape index (κ2) is 10.0. The van der Waals surface area contributed by atoms with Crippen LogP contribution in [-0.2, 0) is 6.61 Å². The Balaban J connectivity index is 2.24. The van der Waals surface area contributed by atoms with Crippen molar-refractivity contribution in [2.45, 2.75) is 20.5 Å². The lowest BCUT2D eigenvalue weighted by Crippen LogP contribution is -2.24. The number of benzene rings is 2. The number of hydrazone groups is 1. The van der Waals surface area contributed by atoms with Crippen LogP contribution in [0.25, 0.3) is 0 Å². The average Bonchev–Trinajstić information content (AvgIpc) is 2.63. The molecule has 2 rings (SSSR count). The molecule has 0 unspecified atom stereocenters. The summed E-state index contributed by atoms with van der Waals surface area (Å²) in [5, 5.41) is 3.84. The fourth-order valence-electron chi connectivity index (χ4n) is 2.45. The zero-order chi connectivity index (χ0) is 18.9. The number of hydrogen-bond donors (Lipinski definition) is 2. The van der Waals surface area contributed by atoms with Crippen molar-refractivity contribution >= 4 is 40.5 Å². The normalized spacial score (nSPS) is 10.7. The monoisotopic (exact) mass is 466 g/mol. The maximum atomic E-state index is 10.8. The molecule has 0 spiro atoms. The number of carbonyl (C=O) groups is 1. The van der Waals surface area contributed by atoms with Gasteiger partial charge in [0.15, 0.2) is 0 Å². The molecule has 0 bridgehead atoms. The molecule has 0 heterocycles. The van der Waals surface area contributed by atoms with Gasteiger partial charge < -0.3 is 15.4 Å². The van der Waals surface area contributed by atoms with Gasteiger partial charge in [-0.05, 0) is 66.3 Å². The SMILES string of the molecule is CCN(CC)c1ccc(/C=N/NC(N)=O)c(OCc2ccc(I)cc2)c1. The Labute approximate surface area is 167 Å². The number of ether oxygens (including phenoxy) is 1. The molecule has 6 nitrogen and oxygen atoms in total. The zero-order valence-electron chi connectivity index (χ0n) is 14.9. The van der Waals surface area contributed by atoms with E-state index in [-0.39, 0.29) is 0 Å².